The second-order valence-corrected chi connectivity index (χ2v) is 6.68. The third-order valence-corrected chi connectivity index (χ3v) is 4.69. The van der Waals surface area contributed by atoms with Crippen LogP contribution in [-0.2, 0) is 0 Å². The number of carbonyl (C=O) groups is 1. The van der Waals surface area contributed by atoms with Gasteiger partial charge in [0.2, 0.25) is 0 Å². The molecular formula is C21H34O2. The second kappa shape index (κ2) is 12.2. The molecule has 1 unspecified atom stereocenters. The predicted molar refractivity (Wildman–Crippen MR) is 98.3 cm³/mol. The van der Waals surface area contributed by atoms with Gasteiger partial charge < -0.3 is 5.11 Å². The van der Waals surface area contributed by atoms with Gasteiger partial charge in [0.1, 0.15) is 0 Å². The minimum atomic E-state index is -0.837. The van der Waals surface area contributed by atoms with Crippen LogP contribution in [0.3, 0.4) is 0 Å². The van der Waals surface area contributed by atoms with Crippen molar-refractivity contribution < 1.29 is 9.90 Å². The molecule has 0 aliphatic rings. The molecule has 130 valence electrons. The highest BCUT2D eigenvalue weighted by Crippen LogP contribution is 2.29. The van der Waals surface area contributed by atoms with Crippen LogP contribution >= 0.6 is 0 Å². The number of rotatable bonds is 13. The predicted octanol–water partition coefficient (Wildman–Crippen LogP) is 6.80. The van der Waals surface area contributed by atoms with Crippen LogP contribution in [0.5, 0.6) is 0 Å². The van der Waals surface area contributed by atoms with Crippen LogP contribution in [0.1, 0.15) is 106 Å². The summed E-state index contributed by atoms with van der Waals surface area (Å²) in [4.78, 5) is 11.0. The van der Waals surface area contributed by atoms with Gasteiger partial charge in [-0.15, -0.1) is 0 Å². The Hall–Kier alpha value is -1.31. The summed E-state index contributed by atoms with van der Waals surface area (Å²) in [5.74, 6) is -0.244. The first-order valence-electron chi connectivity index (χ1n) is 9.52. The van der Waals surface area contributed by atoms with Gasteiger partial charge in [0.15, 0.2) is 0 Å². The number of hydrogen-bond acceptors (Lipinski definition) is 1. The van der Waals surface area contributed by atoms with Crippen LogP contribution in [0.25, 0.3) is 0 Å². The first-order chi connectivity index (χ1) is 11.2. The van der Waals surface area contributed by atoms with E-state index < -0.39 is 5.97 Å². The lowest BCUT2D eigenvalue weighted by molar-refractivity contribution is 0.0697. The number of unbranched alkanes of at least 4 members (excludes halogenated alkanes) is 7. The lowest BCUT2D eigenvalue weighted by Gasteiger charge is -2.18. The lowest BCUT2D eigenvalue weighted by atomic mass is 9.88. The van der Waals surface area contributed by atoms with E-state index in [1.165, 1.54) is 76.2 Å². The Labute approximate surface area is 142 Å². The zero-order valence-corrected chi connectivity index (χ0v) is 15.0. The molecule has 0 fully saturated rings. The third-order valence-electron chi connectivity index (χ3n) is 4.69. The number of carboxylic acids is 1. The Kier molecular flexibility index (Phi) is 10.4. The van der Waals surface area contributed by atoms with Gasteiger partial charge >= 0.3 is 5.97 Å². The van der Waals surface area contributed by atoms with E-state index in [0.29, 0.717) is 11.5 Å². The topological polar surface area (TPSA) is 37.3 Å². The average molecular weight is 319 g/mol. The first-order valence-corrected chi connectivity index (χ1v) is 9.52. The van der Waals surface area contributed by atoms with Gasteiger partial charge in [0.25, 0.3) is 0 Å². The van der Waals surface area contributed by atoms with Gasteiger partial charge in [-0.05, 0) is 36.5 Å². The molecule has 0 saturated carbocycles. The molecule has 0 aliphatic heterocycles. The summed E-state index contributed by atoms with van der Waals surface area (Å²) in [7, 11) is 0. The van der Waals surface area contributed by atoms with Crippen LogP contribution < -0.4 is 0 Å². The lowest BCUT2D eigenvalue weighted by Crippen LogP contribution is -2.02. The molecule has 1 atom stereocenters. The molecule has 2 nitrogen and oxygen atoms in total. The quantitative estimate of drug-likeness (QED) is 0.406. The van der Waals surface area contributed by atoms with Crippen molar-refractivity contribution in [1.29, 1.82) is 0 Å². The molecule has 0 bridgehead atoms. The normalized spacial score (nSPS) is 12.3. The monoisotopic (exact) mass is 318 g/mol. The molecule has 23 heavy (non-hydrogen) atoms. The van der Waals surface area contributed by atoms with E-state index in [9.17, 15) is 4.79 Å². The van der Waals surface area contributed by atoms with Crippen LogP contribution in [0, 0.1) is 0 Å². The van der Waals surface area contributed by atoms with Crippen molar-refractivity contribution in [2.24, 2.45) is 0 Å². The molecule has 0 radical (unpaired) electrons. The fourth-order valence-electron chi connectivity index (χ4n) is 3.19. The molecule has 1 aromatic carbocycles. The van der Waals surface area contributed by atoms with Crippen molar-refractivity contribution in [3.63, 3.8) is 0 Å². The van der Waals surface area contributed by atoms with Crippen molar-refractivity contribution in [3.8, 4) is 0 Å². The molecule has 0 amide bonds. The average Bonchev–Trinajstić information content (AvgIpc) is 2.56. The maximum absolute atomic E-state index is 11.0. The molecular weight excluding hydrogens is 284 g/mol. The molecule has 1 aromatic rings. The zero-order chi connectivity index (χ0) is 16.9. The highest BCUT2D eigenvalue weighted by molar-refractivity contribution is 5.87. The van der Waals surface area contributed by atoms with Gasteiger partial charge in [-0.1, -0.05) is 83.8 Å². The summed E-state index contributed by atoms with van der Waals surface area (Å²) in [5, 5.41) is 9.04. The van der Waals surface area contributed by atoms with Crippen molar-refractivity contribution in [2.75, 3.05) is 0 Å². The minimum absolute atomic E-state index is 0.390. The molecule has 0 saturated heterocycles. The summed E-state index contributed by atoms with van der Waals surface area (Å²) < 4.78 is 0. The van der Waals surface area contributed by atoms with Gasteiger partial charge in [0, 0.05) is 0 Å². The maximum atomic E-state index is 11.0. The van der Waals surface area contributed by atoms with Gasteiger partial charge in [-0.3, -0.25) is 0 Å². The van der Waals surface area contributed by atoms with Crippen molar-refractivity contribution in [2.45, 2.75) is 90.4 Å². The molecule has 0 heterocycles. The Morgan fingerprint density at radius 1 is 0.826 bits per heavy atom. The van der Waals surface area contributed by atoms with E-state index in [-0.39, 0.29) is 0 Å². The van der Waals surface area contributed by atoms with Crippen molar-refractivity contribution >= 4 is 5.97 Å². The highest BCUT2D eigenvalue weighted by Gasteiger charge is 2.12. The number of hydrogen-bond donors (Lipinski definition) is 1. The van der Waals surface area contributed by atoms with Crippen LogP contribution in [0.4, 0.5) is 0 Å². The van der Waals surface area contributed by atoms with Crippen molar-refractivity contribution in [1.82, 2.24) is 0 Å². The molecule has 1 rings (SSSR count). The fraction of sp³-hybridized carbons (Fsp3) is 0.667. The Bertz CT molecular complexity index is 422. The zero-order valence-electron chi connectivity index (χ0n) is 15.0. The summed E-state index contributed by atoms with van der Waals surface area (Å²) in [6, 6.07) is 7.57. The molecule has 0 aliphatic carbocycles. The largest absolute Gasteiger partial charge is 0.478 e. The number of aromatic carboxylic acids is 1. The highest BCUT2D eigenvalue weighted by atomic mass is 16.4. The van der Waals surface area contributed by atoms with E-state index in [4.69, 9.17) is 5.11 Å². The Morgan fingerprint density at radius 2 is 1.30 bits per heavy atom. The van der Waals surface area contributed by atoms with E-state index in [0.717, 1.165) is 0 Å². The van der Waals surface area contributed by atoms with E-state index in [1.54, 1.807) is 12.1 Å². The Morgan fingerprint density at radius 3 is 1.78 bits per heavy atom. The second-order valence-electron chi connectivity index (χ2n) is 6.68. The van der Waals surface area contributed by atoms with E-state index in [2.05, 4.69) is 13.8 Å². The molecule has 2 heteroatoms. The molecule has 0 spiro atoms. The molecule has 1 N–H and O–H groups in total. The van der Waals surface area contributed by atoms with Gasteiger partial charge in [0.05, 0.1) is 5.56 Å². The maximum Gasteiger partial charge on any atom is 0.335 e. The van der Waals surface area contributed by atoms with Crippen LogP contribution in [0.2, 0.25) is 0 Å². The van der Waals surface area contributed by atoms with Crippen LogP contribution in [-0.4, -0.2) is 11.1 Å². The number of benzene rings is 1. The minimum Gasteiger partial charge on any atom is -0.478 e. The summed E-state index contributed by atoms with van der Waals surface area (Å²) in [6.07, 6.45) is 14.3. The summed E-state index contributed by atoms with van der Waals surface area (Å²) in [5.41, 5.74) is 1.71. The van der Waals surface area contributed by atoms with Crippen molar-refractivity contribution in [3.05, 3.63) is 35.4 Å². The Balaban J connectivity index is 2.55. The first kappa shape index (κ1) is 19.7. The standard InChI is InChI=1S/C21H34O2/c1-3-5-7-9-11-13-18(12-10-8-6-4-2)19-14-16-20(17-15-19)21(22)23/h14-18H,3-13H2,1-2H3,(H,22,23). The van der Waals surface area contributed by atoms with E-state index in [1.807, 2.05) is 12.1 Å². The summed E-state index contributed by atoms with van der Waals surface area (Å²) in [6.45, 7) is 4.50. The van der Waals surface area contributed by atoms with Gasteiger partial charge in [-0.2, -0.15) is 0 Å². The molecule has 0 aromatic heterocycles. The smallest absolute Gasteiger partial charge is 0.335 e. The van der Waals surface area contributed by atoms with E-state index >= 15 is 0 Å². The number of carboxylic acid groups (broad SMARTS) is 1. The van der Waals surface area contributed by atoms with Crippen LogP contribution in [0.15, 0.2) is 24.3 Å². The van der Waals surface area contributed by atoms with Gasteiger partial charge in [-0.25, -0.2) is 4.79 Å². The third kappa shape index (κ3) is 8.20. The SMILES string of the molecule is CCCCCCCC(CCCCCC)c1ccc(C(=O)O)cc1. The summed E-state index contributed by atoms with van der Waals surface area (Å²) >= 11 is 0. The fourth-order valence-corrected chi connectivity index (χ4v) is 3.19.